The van der Waals surface area contributed by atoms with Crippen LogP contribution in [0.25, 0.3) is 0 Å². The number of rotatable bonds is 5. The van der Waals surface area contributed by atoms with Crippen LogP contribution >= 0.6 is 0 Å². The van der Waals surface area contributed by atoms with Crippen molar-refractivity contribution in [2.75, 3.05) is 33.9 Å². The smallest absolute Gasteiger partial charge is 0.0630 e. The maximum Gasteiger partial charge on any atom is 0.0630 e. The molecule has 1 aliphatic heterocycles. The maximum absolute atomic E-state index is 5.31. The van der Waals surface area contributed by atoms with Crippen LogP contribution in [0.2, 0.25) is 0 Å². The van der Waals surface area contributed by atoms with Gasteiger partial charge in [0.2, 0.25) is 0 Å². The minimum absolute atomic E-state index is 0.526. The van der Waals surface area contributed by atoms with E-state index in [-0.39, 0.29) is 0 Å². The first kappa shape index (κ1) is 12.9. The number of likely N-dealkylation sites (tertiary alicyclic amines) is 1. The highest BCUT2D eigenvalue weighted by atomic mass is 16.5. The van der Waals surface area contributed by atoms with Gasteiger partial charge in [-0.15, -0.1) is 0 Å². The Labute approximate surface area is 94.2 Å². The third kappa shape index (κ3) is 3.44. The molecule has 1 N–H and O–H groups in total. The third-order valence-electron chi connectivity index (χ3n) is 3.69. The second-order valence-corrected chi connectivity index (χ2v) is 4.76. The van der Waals surface area contributed by atoms with Crippen molar-refractivity contribution in [1.29, 1.82) is 0 Å². The van der Waals surface area contributed by atoms with Crippen LogP contribution in [0, 0.1) is 5.92 Å². The first-order valence-corrected chi connectivity index (χ1v) is 6.10. The fourth-order valence-electron chi connectivity index (χ4n) is 2.58. The minimum Gasteiger partial charge on any atom is -0.383 e. The molecule has 1 fully saturated rings. The summed E-state index contributed by atoms with van der Waals surface area (Å²) >= 11 is 0. The molecule has 1 aliphatic rings. The quantitative estimate of drug-likeness (QED) is 0.747. The highest BCUT2D eigenvalue weighted by Crippen LogP contribution is 2.24. The number of likely N-dealkylation sites (N-methyl/N-ethyl adjacent to an activating group) is 1. The third-order valence-corrected chi connectivity index (χ3v) is 3.69. The van der Waals surface area contributed by atoms with Crippen LogP contribution in [0.15, 0.2) is 0 Å². The number of methoxy groups -OCH3 is 1. The topological polar surface area (TPSA) is 24.5 Å². The van der Waals surface area contributed by atoms with Crippen LogP contribution < -0.4 is 5.32 Å². The van der Waals surface area contributed by atoms with Crippen molar-refractivity contribution in [2.24, 2.45) is 5.92 Å². The molecular formula is C12H26N2O. The van der Waals surface area contributed by atoms with E-state index in [0.717, 1.165) is 19.1 Å². The molecular weight excluding hydrogens is 188 g/mol. The SMILES string of the molecule is CNCC(COC)N1CCCC(C)C1C. The predicted molar refractivity (Wildman–Crippen MR) is 64.2 cm³/mol. The maximum atomic E-state index is 5.31. The molecule has 0 aromatic heterocycles. The summed E-state index contributed by atoms with van der Waals surface area (Å²) in [6.07, 6.45) is 2.70. The molecule has 1 saturated heterocycles. The van der Waals surface area contributed by atoms with Gasteiger partial charge in [0.15, 0.2) is 0 Å². The summed E-state index contributed by atoms with van der Waals surface area (Å²) in [5.41, 5.74) is 0. The molecule has 3 nitrogen and oxygen atoms in total. The molecule has 0 radical (unpaired) electrons. The van der Waals surface area contributed by atoms with Crippen LogP contribution in [-0.2, 0) is 4.74 Å². The number of nitrogens with zero attached hydrogens (tertiary/aromatic N) is 1. The van der Waals surface area contributed by atoms with Crippen LogP contribution in [0.4, 0.5) is 0 Å². The van der Waals surface area contributed by atoms with E-state index < -0.39 is 0 Å². The fourth-order valence-corrected chi connectivity index (χ4v) is 2.58. The van der Waals surface area contributed by atoms with Gasteiger partial charge in [0, 0.05) is 25.7 Å². The summed E-state index contributed by atoms with van der Waals surface area (Å²) in [5.74, 6) is 0.815. The molecule has 0 spiro atoms. The second-order valence-electron chi connectivity index (χ2n) is 4.76. The van der Waals surface area contributed by atoms with Gasteiger partial charge in [0.1, 0.15) is 0 Å². The molecule has 0 aromatic rings. The summed E-state index contributed by atoms with van der Waals surface area (Å²) in [7, 11) is 3.81. The first-order chi connectivity index (χ1) is 7.20. The van der Waals surface area contributed by atoms with Crippen LogP contribution in [0.5, 0.6) is 0 Å². The highest BCUT2D eigenvalue weighted by Gasteiger charge is 2.29. The Kier molecular flexibility index (Phi) is 5.58. The normalized spacial score (nSPS) is 30.4. The van der Waals surface area contributed by atoms with Gasteiger partial charge < -0.3 is 10.1 Å². The zero-order valence-electron chi connectivity index (χ0n) is 10.6. The van der Waals surface area contributed by atoms with E-state index >= 15 is 0 Å². The second kappa shape index (κ2) is 6.46. The van der Waals surface area contributed by atoms with E-state index in [4.69, 9.17) is 4.74 Å². The van der Waals surface area contributed by atoms with Gasteiger partial charge in [-0.2, -0.15) is 0 Å². The largest absolute Gasteiger partial charge is 0.383 e. The van der Waals surface area contributed by atoms with Crippen LogP contribution in [-0.4, -0.2) is 50.8 Å². The molecule has 1 heterocycles. The summed E-state index contributed by atoms with van der Waals surface area (Å²) in [6, 6.07) is 1.21. The van der Waals surface area contributed by atoms with Gasteiger partial charge in [-0.1, -0.05) is 6.92 Å². The number of ether oxygens (including phenoxy) is 1. The van der Waals surface area contributed by atoms with Crippen molar-refractivity contribution in [3.05, 3.63) is 0 Å². The van der Waals surface area contributed by atoms with Gasteiger partial charge in [0.05, 0.1) is 6.61 Å². The zero-order chi connectivity index (χ0) is 11.3. The zero-order valence-corrected chi connectivity index (χ0v) is 10.6. The Morgan fingerprint density at radius 3 is 2.80 bits per heavy atom. The predicted octanol–water partition coefficient (Wildman–Crippen LogP) is 1.34. The Bertz CT molecular complexity index is 169. The lowest BCUT2D eigenvalue weighted by atomic mass is 9.91. The van der Waals surface area contributed by atoms with Crippen molar-refractivity contribution >= 4 is 0 Å². The standard InChI is InChI=1S/C12H26N2O/c1-10-6-5-7-14(11(10)2)12(8-13-3)9-15-4/h10-13H,5-9H2,1-4H3. The summed E-state index contributed by atoms with van der Waals surface area (Å²) in [6.45, 7) is 7.78. The lowest BCUT2D eigenvalue weighted by molar-refractivity contribution is 0.0260. The molecule has 0 amide bonds. The molecule has 90 valence electrons. The minimum atomic E-state index is 0.526. The average Bonchev–Trinajstić information content (AvgIpc) is 2.22. The molecule has 0 aliphatic carbocycles. The van der Waals surface area contributed by atoms with E-state index in [1.54, 1.807) is 7.11 Å². The molecule has 15 heavy (non-hydrogen) atoms. The summed E-state index contributed by atoms with van der Waals surface area (Å²) in [5, 5.41) is 3.26. The van der Waals surface area contributed by atoms with Gasteiger partial charge in [-0.05, 0) is 39.3 Å². The van der Waals surface area contributed by atoms with Gasteiger partial charge in [0.25, 0.3) is 0 Å². The van der Waals surface area contributed by atoms with E-state index in [1.165, 1.54) is 19.4 Å². The van der Waals surface area contributed by atoms with E-state index in [9.17, 15) is 0 Å². The lowest BCUT2D eigenvalue weighted by Crippen LogP contribution is -2.53. The molecule has 3 unspecified atom stereocenters. The number of hydrogen-bond donors (Lipinski definition) is 1. The highest BCUT2D eigenvalue weighted by molar-refractivity contribution is 4.84. The molecule has 0 aromatic carbocycles. The fraction of sp³-hybridized carbons (Fsp3) is 1.00. The number of nitrogens with one attached hydrogen (secondary N) is 1. The summed E-state index contributed by atoms with van der Waals surface area (Å²) < 4.78 is 5.31. The van der Waals surface area contributed by atoms with Gasteiger partial charge in [-0.3, -0.25) is 4.90 Å². The van der Waals surface area contributed by atoms with Crippen molar-refractivity contribution in [3.63, 3.8) is 0 Å². The van der Waals surface area contributed by atoms with Crippen molar-refractivity contribution in [2.45, 2.75) is 38.8 Å². The monoisotopic (exact) mass is 214 g/mol. The van der Waals surface area contributed by atoms with Crippen LogP contribution in [0.1, 0.15) is 26.7 Å². The Morgan fingerprint density at radius 1 is 1.47 bits per heavy atom. The number of piperidine rings is 1. The van der Waals surface area contributed by atoms with Crippen molar-refractivity contribution in [3.8, 4) is 0 Å². The Morgan fingerprint density at radius 2 is 2.20 bits per heavy atom. The molecule has 0 bridgehead atoms. The van der Waals surface area contributed by atoms with E-state index in [1.807, 2.05) is 7.05 Å². The van der Waals surface area contributed by atoms with Gasteiger partial charge in [-0.25, -0.2) is 0 Å². The van der Waals surface area contributed by atoms with Crippen molar-refractivity contribution in [1.82, 2.24) is 10.2 Å². The average molecular weight is 214 g/mol. The molecule has 3 heteroatoms. The Hall–Kier alpha value is -0.120. The molecule has 1 rings (SSSR count). The summed E-state index contributed by atoms with van der Waals surface area (Å²) in [4.78, 5) is 2.61. The van der Waals surface area contributed by atoms with Crippen LogP contribution in [0.3, 0.4) is 0 Å². The Balaban J connectivity index is 2.55. The molecule has 3 atom stereocenters. The van der Waals surface area contributed by atoms with E-state index in [2.05, 4.69) is 24.1 Å². The molecule has 0 saturated carbocycles. The van der Waals surface area contributed by atoms with E-state index in [0.29, 0.717) is 12.1 Å². The van der Waals surface area contributed by atoms with Crippen molar-refractivity contribution < 1.29 is 4.74 Å². The first-order valence-electron chi connectivity index (χ1n) is 6.10. The van der Waals surface area contributed by atoms with Gasteiger partial charge >= 0.3 is 0 Å². The lowest BCUT2D eigenvalue weighted by Gasteiger charge is -2.42. The number of hydrogen-bond acceptors (Lipinski definition) is 3.